The maximum absolute atomic E-state index is 12.6. The molecule has 3 heterocycles. The van der Waals surface area contributed by atoms with Crippen LogP contribution in [0, 0.1) is 0 Å². The maximum atomic E-state index is 12.6. The Morgan fingerprint density at radius 2 is 2.10 bits per heavy atom. The van der Waals surface area contributed by atoms with Gasteiger partial charge in [-0.05, 0) is 12.8 Å². The summed E-state index contributed by atoms with van der Waals surface area (Å²) in [5, 5.41) is 9.39. The number of aliphatic carboxylic acids is 1. The van der Waals surface area contributed by atoms with Gasteiger partial charge >= 0.3 is 12.0 Å². The molecule has 0 bridgehead atoms. The molecule has 1 atom stereocenters. The highest BCUT2D eigenvalue weighted by molar-refractivity contribution is 5.83. The Morgan fingerprint density at radius 3 is 2.76 bits per heavy atom. The van der Waals surface area contributed by atoms with E-state index >= 15 is 0 Å². The Morgan fingerprint density at radius 1 is 1.38 bits per heavy atom. The Bertz CT molecular complexity index is 550. The highest BCUT2D eigenvalue weighted by Crippen LogP contribution is 2.23. The quantitative estimate of drug-likeness (QED) is 0.661. The van der Waals surface area contributed by atoms with E-state index in [1.165, 1.54) is 11.2 Å². The SMILES string of the molecule is NC1CCN(C(=O)N2Cc3[nH]cnc3CC2C(=O)O)CC1. The zero-order chi connectivity index (χ0) is 15.0. The zero-order valence-electron chi connectivity index (χ0n) is 11.7. The monoisotopic (exact) mass is 293 g/mol. The fraction of sp³-hybridized carbons (Fsp3) is 0.615. The first-order valence-electron chi connectivity index (χ1n) is 7.11. The number of likely N-dealkylation sites (tertiary alicyclic amines) is 1. The zero-order valence-corrected chi connectivity index (χ0v) is 11.7. The van der Waals surface area contributed by atoms with Gasteiger partial charge in [-0.15, -0.1) is 0 Å². The first-order chi connectivity index (χ1) is 10.1. The summed E-state index contributed by atoms with van der Waals surface area (Å²) in [5.41, 5.74) is 7.38. The number of nitrogens with two attached hydrogens (primary N) is 1. The van der Waals surface area contributed by atoms with Crippen molar-refractivity contribution in [2.24, 2.45) is 5.73 Å². The fourth-order valence-electron chi connectivity index (χ4n) is 2.93. The van der Waals surface area contributed by atoms with Crippen LogP contribution in [0.5, 0.6) is 0 Å². The van der Waals surface area contributed by atoms with Crippen molar-refractivity contribution < 1.29 is 14.7 Å². The largest absolute Gasteiger partial charge is 0.480 e. The summed E-state index contributed by atoms with van der Waals surface area (Å²) in [6.45, 7) is 1.42. The minimum Gasteiger partial charge on any atom is -0.480 e. The van der Waals surface area contributed by atoms with Crippen molar-refractivity contribution in [3.8, 4) is 0 Å². The Balaban J connectivity index is 1.79. The number of carboxylic acids is 1. The van der Waals surface area contributed by atoms with Crippen LogP contribution in [0.2, 0.25) is 0 Å². The lowest BCUT2D eigenvalue weighted by molar-refractivity contribution is -0.143. The van der Waals surface area contributed by atoms with Crippen LogP contribution in [-0.2, 0) is 17.8 Å². The minimum atomic E-state index is -0.995. The lowest BCUT2D eigenvalue weighted by Gasteiger charge is -2.38. The van der Waals surface area contributed by atoms with Gasteiger partial charge in [-0.25, -0.2) is 14.6 Å². The van der Waals surface area contributed by atoms with Gasteiger partial charge < -0.3 is 25.6 Å². The van der Waals surface area contributed by atoms with Crippen molar-refractivity contribution in [2.45, 2.75) is 37.9 Å². The topological polar surface area (TPSA) is 116 Å². The van der Waals surface area contributed by atoms with Gasteiger partial charge in [0, 0.05) is 25.6 Å². The molecule has 8 heteroatoms. The highest BCUT2D eigenvalue weighted by atomic mass is 16.4. The molecule has 2 aliphatic heterocycles. The number of amides is 2. The number of imidazole rings is 1. The number of fused-ring (bicyclic) bond motifs is 1. The molecule has 3 rings (SSSR count). The van der Waals surface area contributed by atoms with E-state index in [2.05, 4.69) is 9.97 Å². The van der Waals surface area contributed by atoms with Crippen LogP contribution in [0.3, 0.4) is 0 Å². The van der Waals surface area contributed by atoms with Crippen LogP contribution in [0.15, 0.2) is 6.33 Å². The summed E-state index contributed by atoms with van der Waals surface area (Å²) in [6, 6.07) is -0.955. The molecule has 114 valence electrons. The molecular formula is C13H19N5O3. The number of carbonyl (C=O) groups is 2. The molecule has 1 fully saturated rings. The number of aromatic amines is 1. The van der Waals surface area contributed by atoms with Crippen molar-refractivity contribution in [2.75, 3.05) is 13.1 Å². The van der Waals surface area contributed by atoms with E-state index in [4.69, 9.17) is 5.73 Å². The Labute approximate surface area is 121 Å². The summed E-state index contributed by atoms with van der Waals surface area (Å²) < 4.78 is 0. The van der Waals surface area contributed by atoms with Crippen molar-refractivity contribution in [1.82, 2.24) is 19.8 Å². The number of nitrogens with one attached hydrogen (secondary N) is 1. The molecule has 4 N–H and O–H groups in total. The standard InChI is InChI=1S/C13H19N5O3/c14-8-1-3-17(4-2-8)13(21)18-6-10-9(15-7-16-10)5-11(18)12(19)20/h7-8,11H,1-6,14H2,(H,15,16)(H,19,20). The van der Waals surface area contributed by atoms with Gasteiger partial charge in [0.15, 0.2) is 0 Å². The smallest absolute Gasteiger partial charge is 0.326 e. The number of hydrogen-bond donors (Lipinski definition) is 3. The van der Waals surface area contributed by atoms with E-state index < -0.39 is 12.0 Å². The second-order valence-corrected chi connectivity index (χ2v) is 5.62. The third-order valence-corrected chi connectivity index (χ3v) is 4.24. The minimum absolute atomic E-state index is 0.130. The van der Waals surface area contributed by atoms with E-state index in [-0.39, 0.29) is 25.0 Å². The maximum Gasteiger partial charge on any atom is 0.326 e. The number of piperidine rings is 1. The van der Waals surface area contributed by atoms with E-state index in [9.17, 15) is 14.7 Å². The predicted octanol–water partition coefficient (Wildman–Crippen LogP) is -0.236. The molecule has 1 saturated heterocycles. The van der Waals surface area contributed by atoms with Gasteiger partial charge in [0.2, 0.25) is 0 Å². The number of carbonyl (C=O) groups excluding carboxylic acids is 1. The number of nitrogens with zero attached hydrogens (tertiary/aromatic N) is 3. The van der Waals surface area contributed by atoms with Gasteiger partial charge in [0.1, 0.15) is 6.04 Å². The lowest BCUT2D eigenvalue weighted by atomic mass is 10.0. The van der Waals surface area contributed by atoms with Crippen molar-refractivity contribution in [1.29, 1.82) is 0 Å². The van der Waals surface area contributed by atoms with Crippen molar-refractivity contribution >= 4 is 12.0 Å². The van der Waals surface area contributed by atoms with E-state index in [0.29, 0.717) is 13.1 Å². The van der Waals surface area contributed by atoms with E-state index in [1.807, 2.05) is 0 Å². The number of H-pyrrole nitrogens is 1. The number of urea groups is 1. The first kappa shape index (κ1) is 13.9. The average Bonchev–Trinajstić information content (AvgIpc) is 2.93. The molecule has 0 aliphatic carbocycles. The number of carboxylic acid groups (broad SMARTS) is 1. The molecule has 1 aromatic rings. The van der Waals surface area contributed by atoms with Crippen LogP contribution in [0.1, 0.15) is 24.2 Å². The lowest BCUT2D eigenvalue weighted by Crippen LogP contribution is -2.55. The second-order valence-electron chi connectivity index (χ2n) is 5.62. The summed E-state index contributed by atoms with van der Waals surface area (Å²) >= 11 is 0. The average molecular weight is 293 g/mol. The number of hydrogen-bond acceptors (Lipinski definition) is 4. The predicted molar refractivity (Wildman–Crippen MR) is 73.4 cm³/mol. The summed E-state index contributed by atoms with van der Waals surface area (Å²) in [6.07, 6.45) is 3.30. The fourth-order valence-corrected chi connectivity index (χ4v) is 2.93. The van der Waals surface area contributed by atoms with Gasteiger partial charge in [0.05, 0.1) is 24.3 Å². The van der Waals surface area contributed by atoms with Crippen LogP contribution in [-0.4, -0.2) is 62.0 Å². The highest BCUT2D eigenvalue weighted by Gasteiger charge is 2.38. The van der Waals surface area contributed by atoms with Crippen LogP contribution in [0.25, 0.3) is 0 Å². The molecule has 8 nitrogen and oxygen atoms in total. The molecule has 1 unspecified atom stereocenters. The molecule has 1 aromatic heterocycles. The summed E-state index contributed by atoms with van der Waals surface area (Å²) in [5.74, 6) is -0.995. The van der Waals surface area contributed by atoms with Gasteiger partial charge in [-0.2, -0.15) is 0 Å². The Hall–Kier alpha value is -2.09. The molecule has 2 amide bonds. The third kappa shape index (κ3) is 2.58. The molecular weight excluding hydrogens is 274 g/mol. The Kier molecular flexibility index (Phi) is 3.54. The summed E-state index contributed by atoms with van der Waals surface area (Å²) in [4.78, 5) is 34.3. The number of aromatic nitrogens is 2. The van der Waals surface area contributed by atoms with E-state index in [0.717, 1.165) is 24.2 Å². The number of rotatable bonds is 1. The molecule has 21 heavy (non-hydrogen) atoms. The molecule has 0 spiro atoms. The van der Waals surface area contributed by atoms with Crippen LogP contribution < -0.4 is 5.73 Å². The molecule has 0 saturated carbocycles. The van der Waals surface area contributed by atoms with E-state index in [1.54, 1.807) is 4.90 Å². The van der Waals surface area contributed by atoms with Crippen molar-refractivity contribution in [3.63, 3.8) is 0 Å². The first-order valence-corrected chi connectivity index (χ1v) is 7.11. The molecule has 0 aromatic carbocycles. The summed E-state index contributed by atoms with van der Waals surface area (Å²) in [7, 11) is 0. The van der Waals surface area contributed by atoms with Crippen molar-refractivity contribution in [3.05, 3.63) is 17.7 Å². The normalized spacial score (nSPS) is 23.0. The van der Waals surface area contributed by atoms with Gasteiger partial charge in [0.25, 0.3) is 0 Å². The van der Waals surface area contributed by atoms with Crippen LogP contribution in [0.4, 0.5) is 4.79 Å². The van der Waals surface area contributed by atoms with Crippen LogP contribution >= 0.6 is 0 Å². The van der Waals surface area contributed by atoms with Gasteiger partial charge in [-0.3, -0.25) is 0 Å². The second kappa shape index (κ2) is 5.36. The molecule has 0 radical (unpaired) electrons. The molecule has 2 aliphatic rings. The third-order valence-electron chi connectivity index (χ3n) is 4.24. The van der Waals surface area contributed by atoms with Gasteiger partial charge in [-0.1, -0.05) is 0 Å².